The molecule has 0 aliphatic rings. The average molecular weight is 361 g/mol. The average Bonchev–Trinajstić information content (AvgIpc) is 3.09. The summed E-state index contributed by atoms with van der Waals surface area (Å²) in [5.41, 5.74) is 4.22. The first kappa shape index (κ1) is 18.5. The highest BCUT2D eigenvalue weighted by molar-refractivity contribution is 5.90. The van der Waals surface area contributed by atoms with Crippen molar-refractivity contribution < 1.29 is 9.47 Å². The van der Waals surface area contributed by atoms with Crippen molar-refractivity contribution in [2.75, 3.05) is 13.7 Å². The van der Waals surface area contributed by atoms with E-state index >= 15 is 0 Å². The van der Waals surface area contributed by atoms with Gasteiger partial charge in [-0.2, -0.15) is 5.26 Å². The summed E-state index contributed by atoms with van der Waals surface area (Å²) in [7, 11) is 1.61. The minimum Gasteiger partial charge on any atom is -0.493 e. The van der Waals surface area contributed by atoms with Gasteiger partial charge in [-0.05, 0) is 54.8 Å². The largest absolute Gasteiger partial charge is 0.493 e. The number of aromatic amines is 1. The van der Waals surface area contributed by atoms with Gasteiger partial charge in [0.2, 0.25) is 0 Å². The molecular weight excluding hydrogens is 338 g/mol. The van der Waals surface area contributed by atoms with Gasteiger partial charge >= 0.3 is 0 Å². The van der Waals surface area contributed by atoms with E-state index in [2.05, 4.69) is 23.0 Å². The number of fused-ring (bicyclic) bond motifs is 1. The minimum absolute atomic E-state index is 0.463. The summed E-state index contributed by atoms with van der Waals surface area (Å²) in [4.78, 5) is 7.75. The van der Waals surface area contributed by atoms with Crippen molar-refractivity contribution in [3.63, 3.8) is 0 Å². The van der Waals surface area contributed by atoms with E-state index in [1.54, 1.807) is 13.2 Å². The zero-order valence-corrected chi connectivity index (χ0v) is 15.9. The monoisotopic (exact) mass is 361 g/mol. The number of aromatic nitrogens is 2. The highest BCUT2D eigenvalue weighted by atomic mass is 16.5. The summed E-state index contributed by atoms with van der Waals surface area (Å²) in [5.74, 6) is 1.92. The molecule has 2 aromatic carbocycles. The molecule has 1 N–H and O–H groups in total. The van der Waals surface area contributed by atoms with Crippen LogP contribution in [0.5, 0.6) is 11.5 Å². The summed E-state index contributed by atoms with van der Waals surface area (Å²) < 4.78 is 11.2. The number of nitrogens with one attached hydrogen (secondary N) is 1. The molecule has 0 saturated carbocycles. The second kappa shape index (κ2) is 8.41. The number of nitriles is 1. The Kier molecular flexibility index (Phi) is 5.77. The van der Waals surface area contributed by atoms with Crippen molar-refractivity contribution in [1.82, 2.24) is 9.97 Å². The van der Waals surface area contributed by atoms with E-state index in [1.165, 1.54) is 0 Å². The van der Waals surface area contributed by atoms with Crippen LogP contribution in [0.15, 0.2) is 36.4 Å². The molecule has 0 radical (unpaired) electrons. The number of H-pyrrole nitrogens is 1. The summed E-state index contributed by atoms with van der Waals surface area (Å²) in [6.07, 6.45) is 3.86. The molecule has 0 aliphatic heterocycles. The zero-order valence-electron chi connectivity index (χ0n) is 15.9. The predicted molar refractivity (Wildman–Crippen MR) is 108 cm³/mol. The maximum atomic E-state index is 9.61. The Balaban J connectivity index is 1.91. The van der Waals surface area contributed by atoms with Gasteiger partial charge in [0, 0.05) is 0 Å². The molecule has 5 heteroatoms. The third-order valence-corrected chi connectivity index (χ3v) is 4.27. The smallest absolute Gasteiger partial charge is 0.161 e. The second-order valence-electron chi connectivity index (χ2n) is 6.39. The van der Waals surface area contributed by atoms with Crippen molar-refractivity contribution in [2.45, 2.75) is 26.7 Å². The second-order valence-corrected chi connectivity index (χ2v) is 6.39. The van der Waals surface area contributed by atoms with Gasteiger partial charge in [0.15, 0.2) is 11.5 Å². The van der Waals surface area contributed by atoms with Crippen LogP contribution in [0, 0.1) is 18.3 Å². The maximum Gasteiger partial charge on any atom is 0.161 e. The van der Waals surface area contributed by atoms with Gasteiger partial charge in [-0.1, -0.05) is 25.5 Å². The first-order valence-electron chi connectivity index (χ1n) is 9.04. The van der Waals surface area contributed by atoms with E-state index in [4.69, 9.17) is 9.47 Å². The van der Waals surface area contributed by atoms with Crippen LogP contribution in [0.1, 0.15) is 36.7 Å². The van der Waals surface area contributed by atoms with Crippen molar-refractivity contribution >= 4 is 22.7 Å². The van der Waals surface area contributed by atoms with Crippen molar-refractivity contribution in [1.29, 1.82) is 5.26 Å². The molecule has 0 atom stereocenters. The number of benzene rings is 2. The summed E-state index contributed by atoms with van der Waals surface area (Å²) in [6, 6.07) is 13.9. The van der Waals surface area contributed by atoms with E-state index in [-0.39, 0.29) is 0 Å². The Morgan fingerprint density at radius 1 is 1.22 bits per heavy atom. The fourth-order valence-electron chi connectivity index (χ4n) is 2.79. The van der Waals surface area contributed by atoms with E-state index in [0.717, 1.165) is 35.0 Å². The Hall–Kier alpha value is -3.26. The van der Waals surface area contributed by atoms with Crippen LogP contribution >= 0.6 is 0 Å². The molecule has 0 bridgehead atoms. The highest BCUT2D eigenvalue weighted by Crippen LogP contribution is 2.30. The van der Waals surface area contributed by atoms with Gasteiger partial charge in [0.1, 0.15) is 11.9 Å². The van der Waals surface area contributed by atoms with Gasteiger partial charge in [0.05, 0.1) is 30.3 Å². The Labute approximate surface area is 159 Å². The number of hydrogen-bond acceptors (Lipinski definition) is 4. The Morgan fingerprint density at radius 3 is 2.81 bits per heavy atom. The Bertz CT molecular complexity index is 1010. The van der Waals surface area contributed by atoms with Gasteiger partial charge in [-0.3, -0.25) is 0 Å². The van der Waals surface area contributed by atoms with Crippen LogP contribution in [-0.2, 0) is 0 Å². The number of nitrogens with zero attached hydrogens (tertiary/aromatic N) is 2. The molecule has 3 aromatic rings. The molecule has 0 saturated heterocycles. The topological polar surface area (TPSA) is 70.9 Å². The van der Waals surface area contributed by atoms with E-state index in [1.807, 2.05) is 43.3 Å². The maximum absolute atomic E-state index is 9.61. The van der Waals surface area contributed by atoms with E-state index in [0.29, 0.717) is 29.5 Å². The van der Waals surface area contributed by atoms with E-state index in [9.17, 15) is 5.26 Å². The lowest BCUT2D eigenvalue weighted by atomic mass is 10.1. The minimum atomic E-state index is 0.463. The lowest BCUT2D eigenvalue weighted by molar-refractivity contribution is 0.288. The SMILES string of the molecule is CCCCOc1ccc(/C=C(/C#N)c2nc3ccc(C)cc3[nH]2)cc1OC. The number of methoxy groups -OCH3 is 1. The zero-order chi connectivity index (χ0) is 19.2. The normalized spacial score (nSPS) is 11.4. The summed E-state index contributed by atoms with van der Waals surface area (Å²) in [6.45, 7) is 4.80. The van der Waals surface area contributed by atoms with Gasteiger partial charge in [-0.25, -0.2) is 4.98 Å². The number of imidazole rings is 1. The van der Waals surface area contributed by atoms with Gasteiger partial charge < -0.3 is 14.5 Å². The molecule has 0 unspecified atom stereocenters. The number of allylic oxidation sites excluding steroid dienone is 1. The molecule has 3 rings (SSSR count). The fourth-order valence-corrected chi connectivity index (χ4v) is 2.79. The quantitative estimate of drug-likeness (QED) is 0.468. The molecule has 27 heavy (non-hydrogen) atoms. The van der Waals surface area contributed by atoms with Crippen LogP contribution in [-0.4, -0.2) is 23.7 Å². The number of rotatable bonds is 7. The van der Waals surface area contributed by atoms with Crippen LogP contribution in [0.2, 0.25) is 0 Å². The molecule has 0 amide bonds. The molecule has 1 aromatic heterocycles. The highest BCUT2D eigenvalue weighted by Gasteiger charge is 2.10. The van der Waals surface area contributed by atoms with Crippen LogP contribution in [0.3, 0.4) is 0 Å². The third-order valence-electron chi connectivity index (χ3n) is 4.27. The molecule has 1 heterocycles. The predicted octanol–water partition coefficient (Wildman–Crippen LogP) is 5.12. The van der Waals surface area contributed by atoms with Crippen LogP contribution < -0.4 is 9.47 Å². The van der Waals surface area contributed by atoms with Gasteiger partial charge in [-0.15, -0.1) is 0 Å². The van der Waals surface area contributed by atoms with Crippen molar-refractivity contribution in [2.24, 2.45) is 0 Å². The third kappa shape index (κ3) is 4.29. The number of hydrogen-bond donors (Lipinski definition) is 1. The molecule has 0 spiro atoms. The van der Waals surface area contributed by atoms with E-state index < -0.39 is 0 Å². The first-order valence-corrected chi connectivity index (χ1v) is 9.04. The number of ether oxygens (including phenoxy) is 2. The fraction of sp³-hybridized carbons (Fsp3) is 0.273. The lowest BCUT2D eigenvalue weighted by Crippen LogP contribution is -1.99. The van der Waals surface area contributed by atoms with Crippen molar-refractivity contribution in [3.05, 3.63) is 53.3 Å². The number of aryl methyl sites for hydroxylation is 1. The summed E-state index contributed by atoms with van der Waals surface area (Å²) >= 11 is 0. The van der Waals surface area contributed by atoms with Crippen LogP contribution in [0.25, 0.3) is 22.7 Å². The Morgan fingerprint density at radius 2 is 2.07 bits per heavy atom. The molecular formula is C22H23N3O2. The summed E-state index contributed by atoms with van der Waals surface area (Å²) in [5, 5.41) is 9.61. The molecule has 138 valence electrons. The first-order chi connectivity index (χ1) is 13.1. The molecule has 0 aliphatic carbocycles. The standard InChI is InChI=1S/C22H23N3O2/c1-4-5-10-27-20-9-7-16(13-21(20)26-3)12-17(14-23)22-24-18-8-6-15(2)11-19(18)25-22/h6-9,11-13H,4-5,10H2,1-3H3,(H,24,25)/b17-12-. The molecule has 0 fully saturated rings. The lowest BCUT2D eigenvalue weighted by Gasteiger charge is -2.11. The van der Waals surface area contributed by atoms with Crippen LogP contribution in [0.4, 0.5) is 0 Å². The number of unbranched alkanes of at least 4 members (excludes halogenated alkanes) is 1. The van der Waals surface area contributed by atoms with Gasteiger partial charge in [0.25, 0.3) is 0 Å². The molecule has 5 nitrogen and oxygen atoms in total. The van der Waals surface area contributed by atoms with Crippen molar-refractivity contribution in [3.8, 4) is 17.6 Å².